The first-order chi connectivity index (χ1) is 15.4. The van der Waals surface area contributed by atoms with Gasteiger partial charge >= 0.3 is 5.97 Å². The molecule has 0 spiro atoms. The Morgan fingerprint density at radius 2 is 1.91 bits per heavy atom. The second kappa shape index (κ2) is 9.00. The molecule has 32 heavy (non-hydrogen) atoms. The number of nitrogens with one attached hydrogen (secondary N) is 1. The van der Waals surface area contributed by atoms with Gasteiger partial charge in [-0.2, -0.15) is 4.98 Å². The van der Waals surface area contributed by atoms with Crippen LogP contribution >= 0.6 is 11.8 Å². The predicted octanol–water partition coefficient (Wildman–Crippen LogP) is 3.64. The van der Waals surface area contributed by atoms with Gasteiger partial charge in [0, 0.05) is 25.1 Å². The van der Waals surface area contributed by atoms with Crippen LogP contribution in [0.25, 0.3) is 0 Å². The zero-order valence-electron chi connectivity index (χ0n) is 18.0. The maximum Gasteiger partial charge on any atom is 0.337 e. The molecule has 8 heteroatoms. The van der Waals surface area contributed by atoms with Crippen LogP contribution in [-0.4, -0.2) is 28.5 Å². The highest BCUT2D eigenvalue weighted by Crippen LogP contribution is 2.36. The number of rotatable bonds is 5. The molecule has 1 aliphatic rings. The minimum Gasteiger partial charge on any atom is -0.465 e. The number of aryl methyl sites for hydroxylation is 1. The van der Waals surface area contributed by atoms with Crippen molar-refractivity contribution in [1.82, 2.24) is 9.55 Å². The van der Waals surface area contributed by atoms with Crippen LogP contribution in [0, 0.1) is 6.92 Å². The quantitative estimate of drug-likeness (QED) is 0.363. The van der Waals surface area contributed by atoms with Crippen molar-refractivity contribution in [3.63, 3.8) is 0 Å². The standard InChI is InChI=1S/C24H23N3O4S/c1-14-6-4-5-7-17(14)13-32-24-26-22(29)20-18(12-19(28)25-21(20)27(24)2)15-8-10-16(11-9-15)23(30)31-3/h4-11,18H,12-13H2,1-3H3,(H,25,28)/t18-/m0/s1. The molecule has 3 aromatic rings. The number of ether oxygens (including phenoxy) is 1. The van der Waals surface area contributed by atoms with Gasteiger partial charge in [0.25, 0.3) is 5.56 Å². The Morgan fingerprint density at radius 3 is 2.59 bits per heavy atom. The third-order valence-corrected chi connectivity index (χ3v) is 6.73. The van der Waals surface area contributed by atoms with Gasteiger partial charge in [0.2, 0.25) is 5.91 Å². The topological polar surface area (TPSA) is 90.3 Å². The number of methoxy groups -OCH3 is 1. The van der Waals surface area contributed by atoms with Crippen LogP contribution in [0.1, 0.15) is 45.0 Å². The van der Waals surface area contributed by atoms with Crippen molar-refractivity contribution >= 4 is 29.5 Å². The number of hydrogen-bond acceptors (Lipinski definition) is 6. The Balaban J connectivity index is 1.69. The normalized spacial score (nSPS) is 15.1. The fraction of sp³-hybridized carbons (Fsp3) is 0.250. The van der Waals surface area contributed by atoms with Gasteiger partial charge < -0.3 is 14.6 Å². The molecule has 4 rings (SSSR count). The molecule has 0 saturated carbocycles. The summed E-state index contributed by atoms with van der Waals surface area (Å²) in [4.78, 5) is 41.6. The largest absolute Gasteiger partial charge is 0.465 e. The molecule has 2 heterocycles. The molecule has 7 nitrogen and oxygen atoms in total. The first-order valence-corrected chi connectivity index (χ1v) is 11.1. The lowest BCUT2D eigenvalue weighted by atomic mass is 9.86. The number of benzene rings is 2. The summed E-state index contributed by atoms with van der Waals surface area (Å²) in [6, 6.07) is 14.8. The SMILES string of the molecule is COC(=O)c1ccc([C@@H]2CC(=O)Nc3c2c(=O)nc(SCc2ccccc2C)n3C)cc1. The molecule has 1 atom stereocenters. The zero-order valence-corrected chi connectivity index (χ0v) is 18.9. The molecule has 0 unspecified atom stereocenters. The molecular weight excluding hydrogens is 426 g/mol. The van der Waals surface area contributed by atoms with Gasteiger partial charge in [-0.15, -0.1) is 0 Å². The number of carbonyl (C=O) groups excluding carboxylic acids is 2. The summed E-state index contributed by atoms with van der Waals surface area (Å²) in [6.07, 6.45) is 0.136. The zero-order chi connectivity index (χ0) is 22.8. The fourth-order valence-electron chi connectivity index (χ4n) is 3.83. The predicted molar refractivity (Wildman–Crippen MR) is 123 cm³/mol. The monoisotopic (exact) mass is 449 g/mol. The number of amides is 1. The maximum atomic E-state index is 13.1. The van der Waals surface area contributed by atoms with Gasteiger partial charge in [-0.05, 0) is 35.7 Å². The van der Waals surface area contributed by atoms with Gasteiger partial charge in [0.05, 0.1) is 18.2 Å². The van der Waals surface area contributed by atoms with Crippen LogP contribution in [0.3, 0.4) is 0 Å². The summed E-state index contributed by atoms with van der Waals surface area (Å²) in [7, 11) is 3.12. The van der Waals surface area contributed by atoms with Crippen molar-refractivity contribution in [2.45, 2.75) is 30.2 Å². The van der Waals surface area contributed by atoms with Crippen LogP contribution in [0.2, 0.25) is 0 Å². The summed E-state index contributed by atoms with van der Waals surface area (Å²) in [5.74, 6) is 0.0856. The number of esters is 1. The maximum absolute atomic E-state index is 13.1. The minimum absolute atomic E-state index is 0.136. The average Bonchev–Trinajstić information content (AvgIpc) is 2.80. The number of hydrogen-bond donors (Lipinski definition) is 1. The van der Waals surface area contributed by atoms with Crippen LogP contribution in [0.5, 0.6) is 0 Å². The Bertz CT molecular complexity index is 1250. The van der Waals surface area contributed by atoms with Gasteiger partial charge in [-0.3, -0.25) is 9.59 Å². The van der Waals surface area contributed by atoms with E-state index < -0.39 is 11.9 Å². The summed E-state index contributed by atoms with van der Waals surface area (Å²) >= 11 is 1.46. The smallest absolute Gasteiger partial charge is 0.337 e. The molecule has 1 amide bonds. The number of thioether (sulfide) groups is 1. The number of aromatic nitrogens is 2. The van der Waals surface area contributed by atoms with Crippen LogP contribution in [0.4, 0.5) is 5.82 Å². The van der Waals surface area contributed by atoms with Crippen molar-refractivity contribution < 1.29 is 14.3 Å². The van der Waals surface area contributed by atoms with E-state index >= 15 is 0 Å². The third-order valence-electron chi connectivity index (χ3n) is 5.65. The lowest BCUT2D eigenvalue weighted by Crippen LogP contribution is -2.33. The molecule has 0 fully saturated rings. The van der Waals surface area contributed by atoms with E-state index in [2.05, 4.69) is 16.4 Å². The molecule has 0 radical (unpaired) electrons. The van der Waals surface area contributed by atoms with E-state index in [0.717, 1.165) is 11.1 Å². The Kier molecular flexibility index (Phi) is 6.14. The summed E-state index contributed by atoms with van der Waals surface area (Å²) < 4.78 is 6.51. The highest BCUT2D eigenvalue weighted by Gasteiger charge is 2.32. The van der Waals surface area contributed by atoms with Crippen LogP contribution in [-0.2, 0) is 22.3 Å². The highest BCUT2D eigenvalue weighted by atomic mass is 32.2. The Hall–Kier alpha value is -3.39. The van der Waals surface area contributed by atoms with E-state index in [-0.39, 0.29) is 17.9 Å². The Morgan fingerprint density at radius 1 is 1.19 bits per heavy atom. The Labute approximate surface area is 189 Å². The first-order valence-electron chi connectivity index (χ1n) is 10.2. The van der Waals surface area contributed by atoms with Gasteiger partial charge in [-0.25, -0.2) is 4.79 Å². The van der Waals surface area contributed by atoms with Crippen molar-refractivity contribution in [3.05, 3.63) is 86.7 Å². The number of anilines is 1. The number of fused-ring (bicyclic) bond motifs is 1. The lowest BCUT2D eigenvalue weighted by molar-refractivity contribution is -0.116. The van der Waals surface area contributed by atoms with E-state index in [1.54, 1.807) is 35.9 Å². The highest BCUT2D eigenvalue weighted by molar-refractivity contribution is 7.98. The van der Waals surface area contributed by atoms with Gasteiger partial charge in [0.1, 0.15) is 5.82 Å². The molecule has 2 aromatic carbocycles. The molecule has 0 bridgehead atoms. The van der Waals surface area contributed by atoms with Crippen molar-refractivity contribution in [1.29, 1.82) is 0 Å². The number of carbonyl (C=O) groups is 2. The van der Waals surface area contributed by atoms with Crippen molar-refractivity contribution in [3.8, 4) is 0 Å². The molecule has 1 N–H and O–H groups in total. The second-order valence-electron chi connectivity index (χ2n) is 7.65. The minimum atomic E-state index is -0.439. The van der Waals surface area contributed by atoms with Crippen LogP contribution < -0.4 is 10.9 Å². The van der Waals surface area contributed by atoms with E-state index in [9.17, 15) is 14.4 Å². The molecular formula is C24H23N3O4S. The van der Waals surface area contributed by atoms with Crippen molar-refractivity contribution in [2.75, 3.05) is 12.4 Å². The van der Waals surface area contributed by atoms with Crippen molar-refractivity contribution in [2.24, 2.45) is 7.05 Å². The lowest BCUT2D eigenvalue weighted by Gasteiger charge is -2.27. The van der Waals surface area contributed by atoms with E-state index in [1.165, 1.54) is 24.4 Å². The summed E-state index contributed by atoms with van der Waals surface area (Å²) in [6.45, 7) is 2.05. The van der Waals surface area contributed by atoms with E-state index in [4.69, 9.17) is 4.74 Å². The number of nitrogens with zero attached hydrogens (tertiary/aromatic N) is 2. The fourth-order valence-corrected chi connectivity index (χ4v) is 4.87. The summed E-state index contributed by atoms with van der Waals surface area (Å²) in [5.41, 5.74) is 3.62. The van der Waals surface area contributed by atoms with Crippen LogP contribution in [0.15, 0.2) is 58.5 Å². The molecule has 0 aliphatic carbocycles. The summed E-state index contributed by atoms with van der Waals surface area (Å²) in [5, 5.41) is 3.39. The van der Waals surface area contributed by atoms with E-state index in [1.807, 2.05) is 25.1 Å². The third kappa shape index (κ3) is 4.18. The average molecular weight is 450 g/mol. The molecule has 1 aromatic heterocycles. The second-order valence-corrected chi connectivity index (χ2v) is 8.60. The molecule has 1 aliphatic heterocycles. The van der Waals surface area contributed by atoms with Gasteiger partial charge in [0.15, 0.2) is 5.16 Å². The van der Waals surface area contributed by atoms with Gasteiger partial charge in [-0.1, -0.05) is 48.2 Å². The van der Waals surface area contributed by atoms with E-state index in [0.29, 0.717) is 27.9 Å². The first kappa shape index (κ1) is 21.8. The molecule has 164 valence electrons. The molecule has 0 saturated heterocycles.